The fourth-order valence-corrected chi connectivity index (χ4v) is 2.95. The predicted molar refractivity (Wildman–Crippen MR) is 95.1 cm³/mol. The predicted octanol–water partition coefficient (Wildman–Crippen LogP) is 4.67. The van der Waals surface area contributed by atoms with Crippen LogP contribution in [0.5, 0.6) is 0 Å². The largest absolute Gasteiger partial charge is 0.301 e. The van der Waals surface area contributed by atoms with Crippen LogP contribution in [0.15, 0.2) is 66.2 Å². The number of pyridine rings is 1. The number of amides is 1. The van der Waals surface area contributed by atoms with Crippen molar-refractivity contribution < 1.29 is 13.6 Å². The Bertz CT molecular complexity index is 880. The van der Waals surface area contributed by atoms with Crippen molar-refractivity contribution in [2.24, 2.45) is 0 Å². The van der Waals surface area contributed by atoms with Crippen LogP contribution in [0.3, 0.4) is 0 Å². The first-order valence-electron chi connectivity index (χ1n) is 7.51. The molecule has 3 nitrogen and oxygen atoms in total. The molecule has 0 saturated heterocycles. The summed E-state index contributed by atoms with van der Waals surface area (Å²) in [7, 11) is 0. The van der Waals surface area contributed by atoms with E-state index >= 15 is 0 Å². The van der Waals surface area contributed by atoms with Gasteiger partial charge in [0.2, 0.25) is 0 Å². The van der Waals surface area contributed by atoms with Gasteiger partial charge >= 0.3 is 0 Å². The van der Waals surface area contributed by atoms with Gasteiger partial charge in [0.1, 0.15) is 11.6 Å². The van der Waals surface area contributed by atoms with E-state index in [1.54, 1.807) is 30.5 Å². The number of aromatic nitrogens is 1. The summed E-state index contributed by atoms with van der Waals surface area (Å²) in [5, 5.41) is 1.88. The van der Waals surface area contributed by atoms with Crippen molar-refractivity contribution in [2.45, 2.75) is 6.54 Å². The highest BCUT2D eigenvalue weighted by Gasteiger charge is 2.18. The van der Waals surface area contributed by atoms with Crippen LogP contribution in [0.4, 0.5) is 14.5 Å². The van der Waals surface area contributed by atoms with Crippen molar-refractivity contribution >= 4 is 29.0 Å². The molecular formula is C19H14F2N2OS. The molecule has 3 aromatic rings. The molecule has 0 bridgehead atoms. The standard InChI is InChI=1S/C19H14F2N2OS/c20-14-6-8-18(17(21)12-14)23(13-16-5-3-11-25-16)19(24)9-7-15-4-1-2-10-22-15/h1-12H,13H2/b9-7-. The summed E-state index contributed by atoms with van der Waals surface area (Å²) in [5.41, 5.74) is 0.650. The Kier molecular flexibility index (Phi) is 5.30. The number of benzene rings is 1. The van der Waals surface area contributed by atoms with E-state index < -0.39 is 17.5 Å². The Morgan fingerprint density at radius 2 is 2.04 bits per heavy atom. The van der Waals surface area contributed by atoms with Crippen LogP contribution >= 0.6 is 11.3 Å². The van der Waals surface area contributed by atoms with Crippen LogP contribution in [0, 0.1) is 11.6 Å². The molecular weight excluding hydrogens is 342 g/mol. The fraction of sp³-hybridized carbons (Fsp3) is 0.0526. The third-order valence-electron chi connectivity index (χ3n) is 3.45. The zero-order valence-corrected chi connectivity index (χ0v) is 13.9. The Morgan fingerprint density at radius 1 is 1.16 bits per heavy atom. The number of hydrogen-bond donors (Lipinski definition) is 0. The van der Waals surface area contributed by atoms with Gasteiger partial charge in [-0.15, -0.1) is 11.3 Å². The zero-order chi connectivity index (χ0) is 17.6. The van der Waals surface area contributed by atoms with Gasteiger partial charge in [-0.3, -0.25) is 9.78 Å². The number of rotatable bonds is 5. The van der Waals surface area contributed by atoms with Gasteiger partial charge in [-0.25, -0.2) is 8.78 Å². The first-order chi connectivity index (χ1) is 12.1. The van der Waals surface area contributed by atoms with E-state index in [2.05, 4.69) is 4.98 Å². The molecule has 0 unspecified atom stereocenters. The average Bonchev–Trinajstić information content (AvgIpc) is 3.12. The lowest BCUT2D eigenvalue weighted by atomic mass is 10.2. The number of carbonyl (C=O) groups is 1. The Balaban J connectivity index is 1.90. The molecule has 0 aliphatic carbocycles. The van der Waals surface area contributed by atoms with Gasteiger partial charge < -0.3 is 4.90 Å². The molecule has 3 rings (SSSR count). The van der Waals surface area contributed by atoms with Crippen molar-refractivity contribution in [1.29, 1.82) is 0 Å². The van der Waals surface area contributed by atoms with Crippen molar-refractivity contribution in [3.05, 3.63) is 88.4 Å². The molecule has 2 aromatic heterocycles. The molecule has 6 heteroatoms. The lowest BCUT2D eigenvalue weighted by Crippen LogP contribution is -2.29. The van der Waals surface area contributed by atoms with Gasteiger partial charge in [-0.1, -0.05) is 12.1 Å². The van der Waals surface area contributed by atoms with Crippen molar-refractivity contribution in [1.82, 2.24) is 4.98 Å². The summed E-state index contributed by atoms with van der Waals surface area (Å²) in [6.45, 7) is 0.200. The molecule has 0 aliphatic rings. The fourth-order valence-electron chi connectivity index (χ4n) is 2.26. The number of hydrogen-bond acceptors (Lipinski definition) is 3. The minimum absolute atomic E-state index is 0.0328. The van der Waals surface area contributed by atoms with E-state index in [0.717, 1.165) is 17.0 Å². The summed E-state index contributed by atoms with van der Waals surface area (Å²) in [5.74, 6) is -1.88. The van der Waals surface area contributed by atoms with E-state index in [1.165, 1.54) is 28.4 Å². The second-order valence-electron chi connectivity index (χ2n) is 5.19. The van der Waals surface area contributed by atoms with Gasteiger partial charge in [-0.2, -0.15) is 0 Å². The van der Waals surface area contributed by atoms with Gasteiger partial charge in [0.05, 0.1) is 17.9 Å². The smallest absolute Gasteiger partial charge is 0.251 e. The number of thiophene rings is 1. The quantitative estimate of drug-likeness (QED) is 0.623. The molecule has 0 N–H and O–H groups in total. The van der Waals surface area contributed by atoms with Crippen LogP contribution in [0.1, 0.15) is 10.6 Å². The molecule has 25 heavy (non-hydrogen) atoms. The maximum Gasteiger partial charge on any atom is 0.251 e. The second kappa shape index (κ2) is 7.81. The first kappa shape index (κ1) is 17.0. The monoisotopic (exact) mass is 356 g/mol. The average molecular weight is 356 g/mol. The minimum atomic E-state index is -0.781. The third-order valence-corrected chi connectivity index (χ3v) is 4.31. The highest BCUT2D eigenvalue weighted by Crippen LogP contribution is 2.24. The van der Waals surface area contributed by atoms with E-state index in [9.17, 15) is 13.6 Å². The first-order valence-corrected chi connectivity index (χ1v) is 8.39. The maximum atomic E-state index is 14.2. The summed E-state index contributed by atoms with van der Waals surface area (Å²) in [6.07, 6.45) is 4.51. The molecule has 0 radical (unpaired) electrons. The number of anilines is 1. The highest BCUT2D eigenvalue weighted by atomic mass is 32.1. The molecule has 1 amide bonds. The molecule has 0 spiro atoms. The van der Waals surface area contributed by atoms with Crippen molar-refractivity contribution in [3.8, 4) is 0 Å². The van der Waals surface area contributed by atoms with Gasteiger partial charge in [0.25, 0.3) is 5.91 Å². The minimum Gasteiger partial charge on any atom is -0.301 e. The number of halogens is 2. The van der Waals surface area contributed by atoms with Crippen LogP contribution in [-0.4, -0.2) is 10.9 Å². The Hall–Kier alpha value is -2.86. The normalized spacial score (nSPS) is 11.0. The summed E-state index contributed by atoms with van der Waals surface area (Å²) >= 11 is 1.46. The number of nitrogens with zero attached hydrogens (tertiary/aromatic N) is 2. The third kappa shape index (κ3) is 4.36. The lowest BCUT2D eigenvalue weighted by Gasteiger charge is -2.21. The lowest BCUT2D eigenvalue weighted by molar-refractivity contribution is -0.114. The van der Waals surface area contributed by atoms with Crippen LogP contribution in [0.2, 0.25) is 0 Å². The number of carbonyl (C=O) groups excluding carboxylic acids is 1. The molecule has 2 heterocycles. The van der Waals surface area contributed by atoms with E-state index in [1.807, 2.05) is 17.5 Å². The highest BCUT2D eigenvalue weighted by molar-refractivity contribution is 7.09. The maximum absolute atomic E-state index is 14.2. The summed E-state index contributed by atoms with van der Waals surface area (Å²) in [4.78, 5) is 18.9. The van der Waals surface area contributed by atoms with Gasteiger partial charge in [-0.05, 0) is 41.8 Å². The van der Waals surface area contributed by atoms with Gasteiger partial charge in [0.15, 0.2) is 0 Å². The second-order valence-corrected chi connectivity index (χ2v) is 6.22. The molecule has 1 aromatic carbocycles. The van der Waals surface area contributed by atoms with Gasteiger partial charge in [0, 0.05) is 23.2 Å². The van der Waals surface area contributed by atoms with Crippen LogP contribution < -0.4 is 4.90 Å². The van der Waals surface area contributed by atoms with Crippen molar-refractivity contribution in [2.75, 3.05) is 4.90 Å². The Labute approximate surface area is 147 Å². The molecule has 126 valence electrons. The summed E-state index contributed by atoms with van der Waals surface area (Å²) < 4.78 is 27.4. The van der Waals surface area contributed by atoms with Crippen LogP contribution in [0.25, 0.3) is 6.08 Å². The molecule has 0 aliphatic heterocycles. The topological polar surface area (TPSA) is 33.2 Å². The van der Waals surface area contributed by atoms with Crippen molar-refractivity contribution in [3.63, 3.8) is 0 Å². The van der Waals surface area contributed by atoms with Crippen LogP contribution in [-0.2, 0) is 11.3 Å². The Morgan fingerprint density at radius 3 is 2.72 bits per heavy atom. The zero-order valence-electron chi connectivity index (χ0n) is 13.1. The molecule has 0 saturated carbocycles. The molecule has 0 atom stereocenters. The molecule has 0 fully saturated rings. The van der Waals surface area contributed by atoms with E-state index in [4.69, 9.17) is 0 Å². The van der Waals surface area contributed by atoms with E-state index in [-0.39, 0.29) is 12.2 Å². The van der Waals surface area contributed by atoms with E-state index in [0.29, 0.717) is 5.69 Å². The SMILES string of the molecule is O=C(/C=C\c1ccccn1)N(Cc1cccs1)c1ccc(F)cc1F. The summed E-state index contributed by atoms with van der Waals surface area (Å²) in [6, 6.07) is 12.2.